The summed E-state index contributed by atoms with van der Waals surface area (Å²) in [7, 11) is 0. The Morgan fingerprint density at radius 1 is 1.00 bits per heavy atom. The fraction of sp³-hybridized carbons (Fsp3) is 0.833. The Morgan fingerprint density at radius 3 is 1.38 bits per heavy atom. The van der Waals surface area contributed by atoms with Crippen LogP contribution in [0.2, 0.25) is 0 Å². The maximum Gasteiger partial charge on any atom is 0.231 e. The Balaban J connectivity index is 0.000000321. The van der Waals surface area contributed by atoms with E-state index in [1.165, 1.54) is 25.7 Å². The number of hydrogen-bond donors (Lipinski definition) is 2. The van der Waals surface area contributed by atoms with E-state index in [1.807, 2.05) is 0 Å². The van der Waals surface area contributed by atoms with E-state index in [4.69, 9.17) is 20.4 Å². The predicted octanol–water partition coefficient (Wildman–Crippen LogP) is 3.02. The number of hydrogen-bond acceptors (Lipinski definition) is 4. The lowest BCUT2D eigenvalue weighted by atomic mass is 9.71. The molecule has 0 unspecified atom stereocenters. The van der Waals surface area contributed by atoms with Crippen LogP contribution in [0.4, 0.5) is 0 Å². The zero-order valence-electron chi connectivity index (χ0n) is 10.2. The van der Waals surface area contributed by atoms with Crippen molar-refractivity contribution in [1.29, 1.82) is 10.8 Å². The van der Waals surface area contributed by atoms with Gasteiger partial charge in [-0.2, -0.15) is 0 Å². The maximum atomic E-state index is 8.35. The SMILES string of the molecule is CC12CCC(CC1)C2(C)C.N=C=O.N=C=O. The van der Waals surface area contributed by atoms with E-state index in [2.05, 4.69) is 20.8 Å². The molecule has 0 heterocycles. The van der Waals surface area contributed by atoms with Crippen LogP contribution in [0.1, 0.15) is 46.5 Å². The third-order valence-electron chi connectivity index (χ3n) is 4.67. The quantitative estimate of drug-likeness (QED) is 0.489. The lowest BCUT2D eigenvalue weighted by Crippen LogP contribution is -2.26. The summed E-state index contributed by atoms with van der Waals surface area (Å²) in [6, 6.07) is 0. The molecule has 0 aromatic carbocycles. The van der Waals surface area contributed by atoms with Crippen LogP contribution < -0.4 is 0 Å². The molecule has 0 radical (unpaired) electrons. The molecule has 90 valence electrons. The zero-order valence-corrected chi connectivity index (χ0v) is 10.2. The van der Waals surface area contributed by atoms with E-state index in [0.717, 1.165) is 18.1 Å². The van der Waals surface area contributed by atoms with Crippen LogP contribution in [0.5, 0.6) is 0 Å². The summed E-state index contributed by atoms with van der Waals surface area (Å²) in [6.07, 6.45) is 7.49. The van der Waals surface area contributed by atoms with Gasteiger partial charge in [-0.1, -0.05) is 20.8 Å². The van der Waals surface area contributed by atoms with Crippen LogP contribution in [0.25, 0.3) is 0 Å². The molecule has 2 N–H and O–H groups in total. The lowest BCUT2D eigenvalue weighted by Gasteiger charge is -2.34. The summed E-state index contributed by atoms with van der Waals surface area (Å²) in [4.78, 5) is 16.7. The van der Waals surface area contributed by atoms with E-state index < -0.39 is 0 Å². The van der Waals surface area contributed by atoms with Gasteiger partial charge in [0.2, 0.25) is 12.2 Å². The molecule has 2 fully saturated rings. The van der Waals surface area contributed by atoms with Gasteiger partial charge in [-0.25, -0.2) is 20.4 Å². The van der Waals surface area contributed by atoms with Gasteiger partial charge in [0.1, 0.15) is 0 Å². The van der Waals surface area contributed by atoms with Crippen LogP contribution in [-0.4, -0.2) is 12.2 Å². The summed E-state index contributed by atoms with van der Waals surface area (Å²) < 4.78 is 0. The molecule has 0 spiro atoms. The predicted molar refractivity (Wildman–Crippen MR) is 60.7 cm³/mol. The van der Waals surface area contributed by atoms with Crippen LogP contribution in [0, 0.1) is 27.6 Å². The number of rotatable bonds is 0. The monoisotopic (exact) mass is 224 g/mol. The van der Waals surface area contributed by atoms with E-state index in [1.54, 1.807) is 0 Å². The van der Waals surface area contributed by atoms with Gasteiger partial charge in [-0.3, -0.25) is 0 Å². The minimum Gasteiger partial charge on any atom is -0.222 e. The summed E-state index contributed by atoms with van der Waals surface area (Å²) in [6.45, 7) is 7.43. The highest BCUT2D eigenvalue weighted by molar-refractivity contribution is 5.26. The van der Waals surface area contributed by atoms with Crippen molar-refractivity contribution in [2.24, 2.45) is 16.7 Å². The molecule has 4 nitrogen and oxygen atoms in total. The van der Waals surface area contributed by atoms with Crippen LogP contribution in [0.15, 0.2) is 0 Å². The molecular formula is C12H20N2O2. The molecule has 2 saturated carbocycles. The minimum absolute atomic E-state index is 0.660. The Morgan fingerprint density at radius 2 is 1.31 bits per heavy atom. The maximum absolute atomic E-state index is 8.35. The normalized spacial score (nSPS) is 32.3. The second-order valence-electron chi connectivity index (χ2n) is 5.26. The molecule has 2 bridgehead atoms. The van der Waals surface area contributed by atoms with Gasteiger partial charge in [0, 0.05) is 0 Å². The third-order valence-corrected chi connectivity index (χ3v) is 4.67. The van der Waals surface area contributed by atoms with Crippen molar-refractivity contribution in [2.75, 3.05) is 0 Å². The smallest absolute Gasteiger partial charge is 0.222 e. The first-order valence-corrected chi connectivity index (χ1v) is 5.47. The van der Waals surface area contributed by atoms with Gasteiger partial charge in [-0.05, 0) is 42.4 Å². The Hall–Kier alpha value is -1.24. The molecule has 16 heavy (non-hydrogen) atoms. The highest BCUT2D eigenvalue weighted by Crippen LogP contribution is 2.65. The van der Waals surface area contributed by atoms with Crippen molar-refractivity contribution >= 4 is 12.2 Å². The molecule has 0 amide bonds. The first kappa shape index (κ1) is 14.8. The first-order chi connectivity index (χ1) is 7.39. The largest absolute Gasteiger partial charge is 0.231 e. The van der Waals surface area contributed by atoms with Crippen molar-refractivity contribution in [2.45, 2.75) is 46.5 Å². The molecule has 0 aromatic rings. The fourth-order valence-corrected chi connectivity index (χ4v) is 3.11. The summed E-state index contributed by atoms with van der Waals surface area (Å²) in [5.41, 5.74) is 1.37. The van der Waals surface area contributed by atoms with Crippen LogP contribution >= 0.6 is 0 Å². The molecule has 2 aliphatic carbocycles. The van der Waals surface area contributed by atoms with E-state index >= 15 is 0 Å². The number of carbonyl (C=O) groups excluding carboxylic acids is 2. The fourth-order valence-electron chi connectivity index (χ4n) is 3.11. The number of isocyanates is 2. The molecule has 4 heteroatoms. The molecule has 0 aromatic heterocycles. The van der Waals surface area contributed by atoms with Crippen LogP contribution in [0.3, 0.4) is 0 Å². The second-order valence-corrected chi connectivity index (χ2v) is 5.26. The summed E-state index contributed by atoms with van der Waals surface area (Å²) in [5.74, 6) is 1.05. The molecule has 2 aliphatic rings. The number of fused-ring (bicyclic) bond motifs is 2. The zero-order chi connectivity index (χ0) is 12.8. The number of nitrogens with one attached hydrogen (secondary N) is 2. The van der Waals surface area contributed by atoms with Gasteiger partial charge in [0.25, 0.3) is 0 Å². The highest BCUT2D eigenvalue weighted by atomic mass is 16.1. The Kier molecular flexibility index (Phi) is 5.29. The van der Waals surface area contributed by atoms with E-state index in [0.29, 0.717) is 10.8 Å². The average molecular weight is 224 g/mol. The third kappa shape index (κ3) is 2.66. The molecule has 0 saturated heterocycles. The van der Waals surface area contributed by atoms with Gasteiger partial charge in [0.15, 0.2) is 0 Å². The van der Waals surface area contributed by atoms with Gasteiger partial charge in [0.05, 0.1) is 0 Å². The van der Waals surface area contributed by atoms with Crippen molar-refractivity contribution in [3.63, 3.8) is 0 Å². The Labute approximate surface area is 96.4 Å². The highest BCUT2D eigenvalue weighted by Gasteiger charge is 2.55. The minimum atomic E-state index is 0.660. The Bertz CT molecular complexity index is 275. The molecular weight excluding hydrogens is 204 g/mol. The molecule has 2 rings (SSSR count). The van der Waals surface area contributed by atoms with Crippen molar-refractivity contribution in [1.82, 2.24) is 0 Å². The van der Waals surface area contributed by atoms with Gasteiger partial charge in [-0.15, -0.1) is 0 Å². The molecule has 0 aliphatic heterocycles. The van der Waals surface area contributed by atoms with Gasteiger partial charge >= 0.3 is 0 Å². The standard InChI is InChI=1S/C10H18.2CHNO/c1-9(2)8-4-6-10(9,3)7-5-8;2*2-1-3/h8H,4-7H2,1-3H3;2*2H. The molecule has 0 atom stereocenters. The van der Waals surface area contributed by atoms with Crippen LogP contribution in [-0.2, 0) is 9.59 Å². The topological polar surface area (TPSA) is 81.8 Å². The van der Waals surface area contributed by atoms with Gasteiger partial charge < -0.3 is 0 Å². The van der Waals surface area contributed by atoms with Crippen molar-refractivity contribution in [3.8, 4) is 0 Å². The first-order valence-electron chi connectivity index (χ1n) is 5.47. The second kappa shape index (κ2) is 5.74. The van der Waals surface area contributed by atoms with Crippen molar-refractivity contribution in [3.05, 3.63) is 0 Å². The average Bonchev–Trinajstić information content (AvgIpc) is 2.53. The summed E-state index contributed by atoms with van der Waals surface area (Å²) in [5, 5.41) is 10.8. The van der Waals surface area contributed by atoms with Crippen molar-refractivity contribution < 1.29 is 9.59 Å². The summed E-state index contributed by atoms with van der Waals surface area (Å²) >= 11 is 0. The van der Waals surface area contributed by atoms with E-state index in [9.17, 15) is 0 Å². The lowest BCUT2D eigenvalue weighted by molar-refractivity contribution is 0.152. The van der Waals surface area contributed by atoms with E-state index in [-0.39, 0.29) is 0 Å².